The zero-order chi connectivity index (χ0) is 22.1. The summed E-state index contributed by atoms with van der Waals surface area (Å²) in [6.07, 6.45) is 3.97. The van der Waals surface area contributed by atoms with Crippen LogP contribution in [0.3, 0.4) is 0 Å². The molecule has 0 saturated carbocycles. The highest BCUT2D eigenvalue weighted by molar-refractivity contribution is 5.94. The number of nitrogens with one attached hydrogen (secondary N) is 2. The molecule has 0 bridgehead atoms. The van der Waals surface area contributed by atoms with E-state index in [9.17, 15) is 9.50 Å². The summed E-state index contributed by atoms with van der Waals surface area (Å²) in [6, 6.07) is 16.2. The minimum absolute atomic E-state index is 0.241. The van der Waals surface area contributed by atoms with E-state index < -0.39 is 0 Å². The lowest BCUT2D eigenvalue weighted by Crippen LogP contribution is -2.29. The minimum atomic E-state index is -0.255. The zero-order valence-corrected chi connectivity index (χ0v) is 18.1. The number of nitrogens with zero attached hydrogens (tertiary/aromatic N) is 2. The normalized spacial score (nSPS) is 15.3. The Morgan fingerprint density at radius 1 is 1.06 bits per heavy atom. The van der Waals surface area contributed by atoms with Crippen molar-refractivity contribution in [3.63, 3.8) is 0 Å². The van der Waals surface area contributed by atoms with Crippen molar-refractivity contribution in [3.05, 3.63) is 77.9 Å². The molecule has 3 N–H and O–H groups in total. The summed E-state index contributed by atoms with van der Waals surface area (Å²) in [4.78, 5) is 10.4. The van der Waals surface area contributed by atoms with E-state index in [4.69, 9.17) is 0 Å². The van der Waals surface area contributed by atoms with Crippen LogP contribution in [0.5, 0.6) is 5.75 Å². The topological polar surface area (TPSA) is 64.2 Å². The zero-order valence-electron chi connectivity index (χ0n) is 18.1. The second-order valence-electron chi connectivity index (χ2n) is 8.64. The van der Waals surface area contributed by atoms with Gasteiger partial charge >= 0.3 is 0 Å². The average molecular weight is 431 g/mol. The van der Waals surface area contributed by atoms with Crippen molar-refractivity contribution >= 4 is 16.7 Å². The molecule has 3 heterocycles. The van der Waals surface area contributed by atoms with Crippen LogP contribution in [0.25, 0.3) is 22.2 Å². The molecular weight excluding hydrogens is 403 g/mol. The second-order valence-corrected chi connectivity index (χ2v) is 8.64. The first-order valence-corrected chi connectivity index (χ1v) is 11.0. The number of phenolic OH excluding ortho intramolecular Hbond substituents is 1. The number of pyridine rings is 1. The van der Waals surface area contributed by atoms with Gasteiger partial charge in [-0.25, -0.2) is 9.37 Å². The Balaban J connectivity index is 1.44. The number of hydrogen-bond acceptors (Lipinski definition) is 4. The molecule has 2 aromatic carbocycles. The summed E-state index contributed by atoms with van der Waals surface area (Å²) in [6.45, 7) is 2.76. The number of halogens is 1. The first-order valence-electron chi connectivity index (χ1n) is 11.0. The number of phenols is 1. The third kappa shape index (κ3) is 4.18. The number of likely N-dealkylation sites (tertiary alicyclic amines) is 1. The van der Waals surface area contributed by atoms with Crippen molar-refractivity contribution in [2.75, 3.05) is 25.5 Å². The van der Waals surface area contributed by atoms with E-state index in [0.717, 1.165) is 53.8 Å². The van der Waals surface area contributed by atoms with E-state index >= 15 is 0 Å². The fraction of sp³-hybridized carbons (Fsp3) is 0.269. The maximum absolute atomic E-state index is 14.9. The summed E-state index contributed by atoms with van der Waals surface area (Å²) < 4.78 is 14.9. The summed E-state index contributed by atoms with van der Waals surface area (Å²) in [5, 5.41) is 13.8. The van der Waals surface area contributed by atoms with Crippen LogP contribution in [0, 0.1) is 5.82 Å². The Bertz CT molecular complexity index is 1230. The van der Waals surface area contributed by atoms with Gasteiger partial charge in [0.15, 0.2) is 0 Å². The van der Waals surface area contributed by atoms with E-state index in [1.54, 1.807) is 24.4 Å². The molecule has 1 fully saturated rings. The van der Waals surface area contributed by atoms with E-state index in [1.165, 1.54) is 11.8 Å². The number of aromatic amines is 1. The van der Waals surface area contributed by atoms with E-state index in [0.29, 0.717) is 18.0 Å². The molecule has 0 radical (unpaired) electrons. The highest BCUT2D eigenvalue weighted by Gasteiger charge is 2.21. The number of rotatable bonds is 5. The number of aromatic hydroxyl groups is 1. The Morgan fingerprint density at radius 3 is 2.62 bits per heavy atom. The van der Waals surface area contributed by atoms with Crippen LogP contribution in [0.2, 0.25) is 0 Å². The molecule has 5 nitrogen and oxygen atoms in total. The monoisotopic (exact) mass is 430 g/mol. The van der Waals surface area contributed by atoms with Gasteiger partial charge in [-0.3, -0.25) is 0 Å². The smallest absolute Gasteiger partial charge is 0.138 e. The lowest BCUT2D eigenvalue weighted by molar-refractivity contribution is 0.254. The van der Waals surface area contributed by atoms with Crippen molar-refractivity contribution < 1.29 is 9.50 Å². The molecule has 1 saturated heterocycles. The number of piperidine rings is 1. The Labute approximate surface area is 186 Å². The van der Waals surface area contributed by atoms with Crippen molar-refractivity contribution in [2.45, 2.75) is 25.3 Å². The molecule has 1 aliphatic rings. The molecule has 6 heteroatoms. The first kappa shape index (κ1) is 20.5. The summed E-state index contributed by atoms with van der Waals surface area (Å²) in [5.41, 5.74) is 5.27. The summed E-state index contributed by atoms with van der Waals surface area (Å²) in [7, 11) is 2.16. The molecule has 0 atom stereocenters. The van der Waals surface area contributed by atoms with Crippen molar-refractivity contribution in [2.24, 2.45) is 0 Å². The summed E-state index contributed by atoms with van der Waals surface area (Å²) >= 11 is 0. The number of H-pyrrole nitrogens is 1. The lowest BCUT2D eigenvalue weighted by atomic mass is 9.93. The third-order valence-electron chi connectivity index (χ3n) is 6.40. The highest BCUT2D eigenvalue weighted by Crippen LogP contribution is 2.35. The molecule has 32 heavy (non-hydrogen) atoms. The number of benzene rings is 2. The predicted octanol–water partition coefficient (Wildman–Crippen LogP) is 5.50. The van der Waals surface area contributed by atoms with Crippen molar-refractivity contribution in [1.82, 2.24) is 14.9 Å². The number of hydrogen-bond donors (Lipinski definition) is 3. The average Bonchev–Trinajstić information content (AvgIpc) is 3.25. The van der Waals surface area contributed by atoms with Crippen LogP contribution < -0.4 is 5.32 Å². The van der Waals surface area contributed by atoms with Crippen LogP contribution in [-0.2, 0) is 6.54 Å². The van der Waals surface area contributed by atoms with Gasteiger partial charge in [0.25, 0.3) is 0 Å². The number of fused-ring (bicyclic) bond motifs is 1. The highest BCUT2D eigenvalue weighted by atomic mass is 19.1. The fourth-order valence-electron chi connectivity index (χ4n) is 4.48. The Morgan fingerprint density at radius 2 is 1.84 bits per heavy atom. The predicted molar refractivity (Wildman–Crippen MR) is 126 cm³/mol. The largest absolute Gasteiger partial charge is 0.508 e. The van der Waals surface area contributed by atoms with Crippen LogP contribution in [0.15, 0.2) is 60.8 Å². The molecule has 2 aromatic heterocycles. The van der Waals surface area contributed by atoms with Gasteiger partial charge in [0.2, 0.25) is 0 Å². The molecule has 1 aliphatic heterocycles. The van der Waals surface area contributed by atoms with Crippen LogP contribution in [0.1, 0.15) is 30.0 Å². The van der Waals surface area contributed by atoms with E-state index in [2.05, 4.69) is 33.3 Å². The second kappa shape index (κ2) is 8.63. The third-order valence-corrected chi connectivity index (χ3v) is 6.40. The fourth-order valence-corrected chi connectivity index (χ4v) is 4.48. The molecule has 0 amide bonds. The maximum Gasteiger partial charge on any atom is 0.138 e. The van der Waals surface area contributed by atoms with Gasteiger partial charge in [0.1, 0.15) is 17.2 Å². The molecule has 0 unspecified atom stereocenters. The van der Waals surface area contributed by atoms with Gasteiger partial charge in [0.05, 0.1) is 0 Å². The Hall–Kier alpha value is -3.38. The van der Waals surface area contributed by atoms with Crippen molar-refractivity contribution in [3.8, 4) is 16.9 Å². The first-order chi connectivity index (χ1) is 15.6. The van der Waals surface area contributed by atoms with Crippen molar-refractivity contribution in [1.29, 1.82) is 0 Å². The standard InChI is InChI=1S/C26H27FN4O/c1-31-12-9-18(10-13-31)25-15-23-21(8-11-28-26(23)30-25)22-14-19(4-7-24(22)27)29-16-17-2-5-20(32)6-3-17/h2-8,11,14-15,18,29,32H,9-10,12-13,16H2,1H3,(H,28,30). The van der Waals surface area contributed by atoms with Crippen LogP contribution >= 0.6 is 0 Å². The molecule has 5 rings (SSSR count). The van der Waals surface area contributed by atoms with Crippen LogP contribution in [-0.4, -0.2) is 40.1 Å². The van der Waals surface area contributed by atoms with E-state index in [1.807, 2.05) is 24.3 Å². The maximum atomic E-state index is 14.9. The number of aromatic nitrogens is 2. The van der Waals surface area contributed by atoms with Crippen LogP contribution in [0.4, 0.5) is 10.1 Å². The molecule has 4 aromatic rings. The van der Waals surface area contributed by atoms with Gasteiger partial charge in [-0.1, -0.05) is 12.1 Å². The SMILES string of the molecule is CN1CCC(c2cc3c(-c4cc(NCc5ccc(O)cc5)ccc4F)ccnc3[nH]2)CC1. The van der Waals surface area contributed by atoms with E-state index in [-0.39, 0.29) is 11.6 Å². The quantitative estimate of drug-likeness (QED) is 0.391. The minimum Gasteiger partial charge on any atom is -0.508 e. The number of anilines is 1. The van der Waals surface area contributed by atoms with Gasteiger partial charge in [-0.05, 0) is 86.6 Å². The van der Waals surface area contributed by atoms with Gasteiger partial charge < -0.3 is 20.3 Å². The summed E-state index contributed by atoms with van der Waals surface area (Å²) in [5.74, 6) is 0.469. The molecule has 0 aliphatic carbocycles. The van der Waals surface area contributed by atoms with Gasteiger partial charge in [-0.15, -0.1) is 0 Å². The Kier molecular flexibility index (Phi) is 5.53. The van der Waals surface area contributed by atoms with Gasteiger partial charge in [0, 0.05) is 41.0 Å². The molecule has 0 spiro atoms. The molecular formula is C26H27FN4O. The van der Waals surface area contributed by atoms with Gasteiger partial charge in [-0.2, -0.15) is 0 Å². The molecule has 164 valence electrons. The lowest BCUT2D eigenvalue weighted by Gasteiger charge is -2.28.